The van der Waals surface area contributed by atoms with Crippen LogP contribution >= 0.6 is 0 Å². The first kappa shape index (κ1) is 20.1. The standard InChI is InChI=1S/C20H30O4/c1-3-5-7-8-9-11-14-23-17-12-13-18(20(21)22)19(16-17)24-15-10-6-4-2/h4,12-13,16H,2-3,5-11,14-15H2,1H3,(H,21,22). The maximum Gasteiger partial charge on any atom is 0.339 e. The van der Waals surface area contributed by atoms with E-state index in [2.05, 4.69) is 13.5 Å². The Labute approximate surface area is 145 Å². The van der Waals surface area contributed by atoms with Crippen molar-refractivity contribution in [1.82, 2.24) is 0 Å². The minimum atomic E-state index is -0.990. The summed E-state index contributed by atoms with van der Waals surface area (Å²) in [6.07, 6.45) is 10.7. The molecule has 1 aromatic carbocycles. The molecule has 134 valence electrons. The maximum atomic E-state index is 11.3. The Hall–Kier alpha value is -1.97. The molecule has 0 saturated carbocycles. The zero-order valence-corrected chi connectivity index (χ0v) is 14.8. The lowest BCUT2D eigenvalue weighted by molar-refractivity contribution is 0.0692. The third kappa shape index (κ3) is 8.04. The SMILES string of the molecule is C=CCCCOc1cc(OCCCCCCCC)ccc1C(=O)O. The van der Waals surface area contributed by atoms with Gasteiger partial charge in [-0.2, -0.15) is 0 Å². The molecule has 0 saturated heterocycles. The third-order valence-electron chi connectivity index (χ3n) is 3.76. The van der Waals surface area contributed by atoms with Gasteiger partial charge < -0.3 is 14.6 Å². The summed E-state index contributed by atoms with van der Waals surface area (Å²) in [5.41, 5.74) is 0.167. The molecular formula is C20H30O4. The van der Waals surface area contributed by atoms with E-state index < -0.39 is 5.97 Å². The van der Waals surface area contributed by atoms with Crippen molar-refractivity contribution in [3.8, 4) is 11.5 Å². The molecule has 0 unspecified atom stereocenters. The fourth-order valence-electron chi connectivity index (χ4n) is 2.37. The van der Waals surface area contributed by atoms with Gasteiger partial charge in [0.05, 0.1) is 13.2 Å². The van der Waals surface area contributed by atoms with Gasteiger partial charge in [0.2, 0.25) is 0 Å². The average molecular weight is 334 g/mol. The molecule has 0 radical (unpaired) electrons. The van der Waals surface area contributed by atoms with Crippen LogP contribution in [0.15, 0.2) is 30.9 Å². The number of benzene rings is 1. The minimum Gasteiger partial charge on any atom is -0.493 e. The van der Waals surface area contributed by atoms with Gasteiger partial charge >= 0.3 is 5.97 Å². The predicted molar refractivity (Wildman–Crippen MR) is 97.2 cm³/mol. The number of carboxylic acid groups (broad SMARTS) is 1. The van der Waals surface area contributed by atoms with E-state index in [4.69, 9.17) is 9.47 Å². The van der Waals surface area contributed by atoms with Crippen LogP contribution in [0, 0.1) is 0 Å². The average Bonchev–Trinajstić information content (AvgIpc) is 2.58. The van der Waals surface area contributed by atoms with Gasteiger partial charge in [-0.25, -0.2) is 4.79 Å². The number of hydrogen-bond donors (Lipinski definition) is 1. The molecule has 0 amide bonds. The second kappa shape index (κ2) is 12.5. The van der Waals surface area contributed by atoms with Gasteiger partial charge in [-0.15, -0.1) is 6.58 Å². The molecule has 0 atom stereocenters. The molecule has 4 heteroatoms. The van der Waals surface area contributed by atoms with Gasteiger partial charge in [0, 0.05) is 6.07 Å². The first-order valence-electron chi connectivity index (χ1n) is 8.92. The Kier molecular flexibility index (Phi) is 10.4. The Morgan fingerprint density at radius 3 is 2.50 bits per heavy atom. The highest BCUT2D eigenvalue weighted by Crippen LogP contribution is 2.25. The fraction of sp³-hybridized carbons (Fsp3) is 0.550. The van der Waals surface area contributed by atoms with E-state index >= 15 is 0 Å². The van der Waals surface area contributed by atoms with Crippen molar-refractivity contribution >= 4 is 5.97 Å². The summed E-state index contributed by atoms with van der Waals surface area (Å²) in [4.78, 5) is 11.3. The topological polar surface area (TPSA) is 55.8 Å². The summed E-state index contributed by atoms with van der Waals surface area (Å²) in [7, 11) is 0. The summed E-state index contributed by atoms with van der Waals surface area (Å²) >= 11 is 0. The van der Waals surface area contributed by atoms with Crippen molar-refractivity contribution in [3.63, 3.8) is 0 Å². The molecule has 0 heterocycles. The van der Waals surface area contributed by atoms with Gasteiger partial charge in [0.1, 0.15) is 17.1 Å². The van der Waals surface area contributed by atoms with Crippen LogP contribution in [0.5, 0.6) is 11.5 Å². The predicted octanol–water partition coefficient (Wildman–Crippen LogP) is 5.47. The molecule has 0 aliphatic rings. The lowest BCUT2D eigenvalue weighted by atomic mass is 10.1. The molecule has 0 aliphatic carbocycles. The van der Waals surface area contributed by atoms with Gasteiger partial charge in [-0.3, -0.25) is 0 Å². The molecule has 0 spiro atoms. The van der Waals surface area contributed by atoms with Crippen LogP contribution in [-0.4, -0.2) is 24.3 Å². The maximum absolute atomic E-state index is 11.3. The van der Waals surface area contributed by atoms with Crippen LogP contribution in [0.3, 0.4) is 0 Å². The highest BCUT2D eigenvalue weighted by atomic mass is 16.5. The van der Waals surface area contributed by atoms with E-state index in [0.717, 1.165) is 25.7 Å². The summed E-state index contributed by atoms with van der Waals surface area (Å²) in [6, 6.07) is 4.91. The Balaban J connectivity index is 2.46. The van der Waals surface area contributed by atoms with Crippen LogP contribution < -0.4 is 9.47 Å². The Morgan fingerprint density at radius 2 is 1.79 bits per heavy atom. The molecule has 4 nitrogen and oxygen atoms in total. The number of aromatic carboxylic acids is 1. The van der Waals surface area contributed by atoms with Crippen molar-refractivity contribution in [3.05, 3.63) is 36.4 Å². The van der Waals surface area contributed by atoms with E-state index in [0.29, 0.717) is 24.7 Å². The molecule has 0 fully saturated rings. The number of hydrogen-bond acceptors (Lipinski definition) is 3. The summed E-state index contributed by atoms with van der Waals surface area (Å²) < 4.78 is 11.3. The van der Waals surface area contributed by atoms with Gasteiger partial charge in [-0.1, -0.05) is 45.1 Å². The third-order valence-corrected chi connectivity index (χ3v) is 3.76. The second-order valence-corrected chi connectivity index (χ2v) is 5.86. The van der Waals surface area contributed by atoms with E-state index in [-0.39, 0.29) is 5.56 Å². The first-order chi connectivity index (χ1) is 11.7. The van der Waals surface area contributed by atoms with Crippen LogP contribution in [0.2, 0.25) is 0 Å². The molecule has 0 bridgehead atoms. The Morgan fingerprint density at radius 1 is 1.08 bits per heavy atom. The van der Waals surface area contributed by atoms with Crippen molar-refractivity contribution in [2.75, 3.05) is 13.2 Å². The number of rotatable bonds is 14. The van der Waals surface area contributed by atoms with Crippen molar-refractivity contribution < 1.29 is 19.4 Å². The van der Waals surface area contributed by atoms with E-state index in [1.54, 1.807) is 18.2 Å². The molecule has 0 aromatic heterocycles. The first-order valence-corrected chi connectivity index (χ1v) is 8.92. The lowest BCUT2D eigenvalue weighted by Gasteiger charge is -2.12. The minimum absolute atomic E-state index is 0.167. The second-order valence-electron chi connectivity index (χ2n) is 5.86. The summed E-state index contributed by atoms with van der Waals surface area (Å²) in [5.74, 6) is 0.0375. The number of carboxylic acids is 1. The molecular weight excluding hydrogens is 304 g/mol. The number of allylic oxidation sites excluding steroid dienone is 1. The number of unbranched alkanes of at least 4 members (excludes halogenated alkanes) is 6. The molecule has 24 heavy (non-hydrogen) atoms. The zero-order chi connectivity index (χ0) is 17.6. The van der Waals surface area contributed by atoms with E-state index in [9.17, 15) is 9.90 Å². The van der Waals surface area contributed by atoms with Crippen LogP contribution in [0.1, 0.15) is 68.6 Å². The zero-order valence-electron chi connectivity index (χ0n) is 14.8. The van der Waals surface area contributed by atoms with Crippen LogP contribution in [0.25, 0.3) is 0 Å². The van der Waals surface area contributed by atoms with Crippen molar-refractivity contribution in [2.24, 2.45) is 0 Å². The largest absolute Gasteiger partial charge is 0.493 e. The monoisotopic (exact) mass is 334 g/mol. The smallest absolute Gasteiger partial charge is 0.339 e. The summed E-state index contributed by atoms with van der Waals surface area (Å²) in [5, 5.41) is 9.24. The molecule has 1 aromatic rings. The van der Waals surface area contributed by atoms with Crippen LogP contribution in [-0.2, 0) is 0 Å². The van der Waals surface area contributed by atoms with Gasteiger partial charge in [0.15, 0.2) is 0 Å². The summed E-state index contributed by atoms with van der Waals surface area (Å²) in [6.45, 7) is 6.98. The molecule has 1 rings (SSSR count). The lowest BCUT2D eigenvalue weighted by Crippen LogP contribution is -2.05. The van der Waals surface area contributed by atoms with E-state index in [1.165, 1.54) is 25.7 Å². The number of carbonyl (C=O) groups is 1. The van der Waals surface area contributed by atoms with Crippen molar-refractivity contribution in [2.45, 2.75) is 58.3 Å². The fourth-order valence-corrected chi connectivity index (χ4v) is 2.37. The van der Waals surface area contributed by atoms with Gasteiger partial charge in [0.25, 0.3) is 0 Å². The molecule has 1 N–H and O–H groups in total. The highest BCUT2D eigenvalue weighted by Gasteiger charge is 2.12. The van der Waals surface area contributed by atoms with Crippen LogP contribution in [0.4, 0.5) is 0 Å². The quantitative estimate of drug-likeness (QED) is 0.362. The highest BCUT2D eigenvalue weighted by molar-refractivity contribution is 5.91. The van der Waals surface area contributed by atoms with E-state index in [1.807, 2.05) is 6.08 Å². The Bertz CT molecular complexity index is 496. The van der Waals surface area contributed by atoms with Gasteiger partial charge in [-0.05, 0) is 31.4 Å². The number of ether oxygens (including phenoxy) is 2. The normalized spacial score (nSPS) is 10.4. The molecule has 0 aliphatic heterocycles. The van der Waals surface area contributed by atoms with Crippen molar-refractivity contribution in [1.29, 1.82) is 0 Å².